The zero-order valence-corrected chi connectivity index (χ0v) is 20.1. The maximum absolute atomic E-state index is 12.4. The molecule has 0 saturated carbocycles. The molecule has 0 spiro atoms. The van der Waals surface area contributed by atoms with Crippen molar-refractivity contribution in [2.75, 3.05) is 19.5 Å². The van der Waals surface area contributed by atoms with Gasteiger partial charge in [0.1, 0.15) is 11.5 Å². The van der Waals surface area contributed by atoms with Gasteiger partial charge in [0.25, 0.3) is 0 Å². The van der Waals surface area contributed by atoms with Gasteiger partial charge in [-0.05, 0) is 51.0 Å². The Morgan fingerprint density at radius 2 is 1.56 bits per heavy atom. The Hall–Kier alpha value is -2.85. The minimum Gasteiger partial charge on any atom is -0.464 e. The van der Waals surface area contributed by atoms with Crippen molar-refractivity contribution in [3.8, 4) is 0 Å². The van der Waals surface area contributed by atoms with Crippen LogP contribution in [-0.4, -0.2) is 44.9 Å². The standard InChI is InChI=1S/C22H25NO7S2/c1-14-6-8-18(9-7-14)32(26,27)30-23-20(22(25)28-5)31-11-10-29-21(24)19-16(3)12-15(2)13-17(19)4/h6-9,12-13H,10-11H2,1-5H3/b23-20-. The molecule has 0 bridgehead atoms. The van der Waals surface area contributed by atoms with Gasteiger partial charge in [-0.25, -0.2) is 9.59 Å². The molecule has 2 aromatic rings. The second-order valence-corrected chi connectivity index (χ2v) is 9.60. The summed E-state index contributed by atoms with van der Waals surface area (Å²) >= 11 is 0.849. The van der Waals surface area contributed by atoms with Crippen molar-refractivity contribution in [3.05, 3.63) is 64.2 Å². The molecule has 0 aliphatic rings. The second kappa shape index (κ2) is 11.1. The van der Waals surface area contributed by atoms with E-state index in [1.165, 1.54) is 12.1 Å². The first kappa shape index (κ1) is 25.4. The summed E-state index contributed by atoms with van der Waals surface area (Å²) in [6.07, 6.45) is 0. The highest BCUT2D eigenvalue weighted by atomic mass is 32.2. The van der Waals surface area contributed by atoms with E-state index in [1.54, 1.807) is 12.1 Å². The predicted octanol–water partition coefficient (Wildman–Crippen LogP) is 3.70. The van der Waals surface area contributed by atoms with Gasteiger partial charge < -0.3 is 9.47 Å². The lowest BCUT2D eigenvalue weighted by molar-refractivity contribution is -0.132. The molecule has 0 aliphatic heterocycles. The third kappa shape index (κ3) is 6.83. The lowest BCUT2D eigenvalue weighted by Gasteiger charge is -2.11. The van der Waals surface area contributed by atoms with Gasteiger partial charge in [-0.15, -0.1) is 0 Å². The number of nitrogens with zero attached hydrogens (tertiary/aromatic N) is 1. The Bertz CT molecular complexity index is 1100. The van der Waals surface area contributed by atoms with Crippen molar-refractivity contribution in [1.82, 2.24) is 0 Å². The van der Waals surface area contributed by atoms with E-state index in [1.807, 2.05) is 39.8 Å². The van der Waals surface area contributed by atoms with E-state index < -0.39 is 22.1 Å². The van der Waals surface area contributed by atoms with E-state index in [9.17, 15) is 18.0 Å². The van der Waals surface area contributed by atoms with Crippen molar-refractivity contribution in [2.45, 2.75) is 32.6 Å². The number of hydrogen-bond donors (Lipinski definition) is 0. The molecule has 10 heteroatoms. The van der Waals surface area contributed by atoms with Gasteiger partial charge in [-0.1, -0.05) is 52.3 Å². The van der Waals surface area contributed by atoms with Crippen molar-refractivity contribution >= 4 is 38.9 Å². The fourth-order valence-corrected chi connectivity index (χ4v) is 4.31. The van der Waals surface area contributed by atoms with Crippen molar-refractivity contribution in [3.63, 3.8) is 0 Å². The van der Waals surface area contributed by atoms with Crippen molar-refractivity contribution in [2.24, 2.45) is 5.16 Å². The average Bonchev–Trinajstić information content (AvgIpc) is 2.72. The summed E-state index contributed by atoms with van der Waals surface area (Å²) in [7, 11) is -3.07. The number of benzene rings is 2. The Morgan fingerprint density at radius 3 is 2.12 bits per heavy atom. The fraction of sp³-hybridized carbons (Fsp3) is 0.318. The van der Waals surface area contributed by atoms with Gasteiger partial charge in [0, 0.05) is 5.75 Å². The number of hydrogen-bond acceptors (Lipinski definition) is 9. The van der Waals surface area contributed by atoms with Gasteiger partial charge in [0.2, 0.25) is 5.04 Å². The highest BCUT2D eigenvalue weighted by Gasteiger charge is 2.20. The molecule has 0 radical (unpaired) electrons. The number of carbonyl (C=O) groups excluding carboxylic acids is 2. The van der Waals surface area contributed by atoms with E-state index in [2.05, 4.69) is 14.2 Å². The summed E-state index contributed by atoms with van der Waals surface area (Å²) in [5.41, 5.74) is 4.05. The average molecular weight is 480 g/mol. The summed E-state index contributed by atoms with van der Waals surface area (Å²) in [5, 5.41) is 3.14. The molecule has 0 fully saturated rings. The van der Waals surface area contributed by atoms with Crippen LogP contribution < -0.4 is 0 Å². The monoisotopic (exact) mass is 479 g/mol. The summed E-state index contributed by atoms with van der Waals surface area (Å²) in [6, 6.07) is 9.77. The molecule has 0 N–H and O–H groups in total. The van der Waals surface area contributed by atoms with E-state index in [0.717, 1.165) is 41.1 Å². The highest BCUT2D eigenvalue weighted by molar-refractivity contribution is 8.15. The van der Waals surface area contributed by atoms with Gasteiger partial charge in [-0.3, -0.25) is 4.28 Å². The molecule has 32 heavy (non-hydrogen) atoms. The highest BCUT2D eigenvalue weighted by Crippen LogP contribution is 2.18. The fourth-order valence-electron chi connectivity index (χ4n) is 2.89. The van der Waals surface area contributed by atoms with Crippen LogP contribution in [0.4, 0.5) is 0 Å². The number of thioether (sulfide) groups is 1. The Balaban J connectivity index is 2.00. The van der Waals surface area contributed by atoms with Gasteiger partial charge >= 0.3 is 22.1 Å². The van der Waals surface area contributed by atoms with Crippen LogP contribution in [-0.2, 0) is 28.7 Å². The van der Waals surface area contributed by atoms with Crippen LogP contribution >= 0.6 is 11.8 Å². The molecule has 2 rings (SSSR count). The summed E-state index contributed by atoms with van der Waals surface area (Å²) in [6.45, 7) is 7.39. The number of esters is 2. The molecule has 8 nitrogen and oxygen atoms in total. The summed E-state index contributed by atoms with van der Waals surface area (Å²) in [4.78, 5) is 24.2. The van der Waals surface area contributed by atoms with Gasteiger partial charge in [0.15, 0.2) is 0 Å². The number of rotatable bonds is 7. The van der Waals surface area contributed by atoms with Crippen LogP contribution in [0.3, 0.4) is 0 Å². The molecule has 0 heterocycles. The summed E-state index contributed by atoms with van der Waals surface area (Å²) in [5.74, 6) is -1.21. The number of methoxy groups -OCH3 is 1. The number of ether oxygens (including phenoxy) is 2. The van der Waals surface area contributed by atoms with E-state index in [4.69, 9.17) is 4.74 Å². The molecule has 0 unspecified atom stereocenters. The molecule has 2 aromatic carbocycles. The first-order chi connectivity index (χ1) is 15.0. The van der Waals surface area contributed by atoms with Crippen LogP contribution in [0.1, 0.15) is 32.6 Å². The second-order valence-electron chi connectivity index (χ2n) is 6.99. The lowest BCUT2D eigenvalue weighted by Crippen LogP contribution is -2.17. The first-order valence-corrected chi connectivity index (χ1v) is 12.0. The summed E-state index contributed by atoms with van der Waals surface area (Å²) < 4.78 is 39.1. The quantitative estimate of drug-likeness (QED) is 0.194. The predicted molar refractivity (Wildman–Crippen MR) is 122 cm³/mol. The molecule has 0 atom stereocenters. The first-order valence-electron chi connectivity index (χ1n) is 9.59. The lowest BCUT2D eigenvalue weighted by atomic mass is 10.00. The van der Waals surface area contributed by atoms with Crippen LogP contribution in [0.5, 0.6) is 0 Å². The number of oxime groups is 1. The smallest absolute Gasteiger partial charge is 0.366 e. The largest absolute Gasteiger partial charge is 0.464 e. The SMILES string of the molecule is COC(=O)/C(=N/OS(=O)(=O)c1ccc(C)cc1)SCCOC(=O)c1c(C)cc(C)cc1C. The van der Waals surface area contributed by atoms with Crippen LogP contribution in [0.2, 0.25) is 0 Å². The van der Waals surface area contributed by atoms with E-state index in [0.29, 0.717) is 5.56 Å². The zero-order valence-electron chi connectivity index (χ0n) is 18.5. The Labute approximate surface area is 192 Å². The minimum absolute atomic E-state index is 0.0308. The Kier molecular flexibility index (Phi) is 8.85. The normalized spacial score (nSPS) is 11.7. The maximum Gasteiger partial charge on any atom is 0.366 e. The maximum atomic E-state index is 12.4. The molecular weight excluding hydrogens is 454 g/mol. The van der Waals surface area contributed by atoms with Crippen molar-refractivity contribution < 1.29 is 31.8 Å². The third-order valence-corrected chi connectivity index (χ3v) is 6.33. The number of aryl methyl sites for hydroxylation is 4. The van der Waals surface area contributed by atoms with E-state index >= 15 is 0 Å². The van der Waals surface area contributed by atoms with Crippen molar-refractivity contribution in [1.29, 1.82) is 0 Å². The topological polar surface area (TPSA) is 108 Å². The molecule has 0 aromatic heterocycles. The van der Waals surface area contributed by atoms with Crippen LogP contribution in [0, 0.1) is 27.7 Å². The minimum atomic E-state index is -4.20. The molecular formula is C22H25NO7S2. The third-order valence-electron chi connectivity index (χ3n) is 4.32. The molecule has 0 aliphatic carbocycles. The Morgan fingerprint density at radius 1 is 0.969 bits per heavy atom. The van der Waals surface area contributed by atoms with E-state index in [-0.39, 0.29) is 22.3 Å². The number of carbonyl (C=O) groups is 2. The molecule has 0 amide bonds. The molecule has 0 saturated heterocycles. The van der Waals surface area contributed by atoms with Gasteiger partial charge in [-0.2, -0.15) is 8.42 Å². The van der Waals surface area contributed by atoms with Crippen LogP contribution in [0.25, 0.3) is 0 Å². The van der Waals surface area contributed by atoms with Gasteiger partial charge in [0.05, 0.1) is 12.7 Å². The zero-order chi connectivity index (χ0) is 23.9. The molecule has 172 valence electrons. The van der Waals surface area contributed by atoms with Crippen LogP contribution in [0.15, 0.2) is 46.4 Å².